The van der Waals surface area contributed by atoms with Crippen LogP contribution in [0, 0.1) is 20.8 Å². The SMILES string of the molecule is COc1cccc(C)c1-c1cc2ccccc2c(C)c1C. The topological polar surface area (TPSA) is 9.23 Å². The van der Waals surface area contributed by atoms with Crippen molar-refractivity contribution < 1.29 is 4.74 Å². The van der Waals surface area contributed by atoms with Crippen LogP contribution in [-0.4, -0.2) is 7.11 Å². The van der Waals surface area contributed by atoms with E-state index in [0.29, 0.717) is 0 Å². The minimum absolute atomic E-state index is 0.938. The van der Waals surface area contributed by atoms with Crippen LogP contribution in [0.3, 0.4) is 0 Å². The second-order valence-corrected chi connectivity index (χ2v) is 5.55. The number of hydrogen-bond donors (Lipinski definition) is 0. The van der Waals surface area contributed by atoms with Gasteiger partial charge in [-0.15, -0.1) is 0 Å². The standard InChI is InChI=1S/C20H20O/c1-13-8-7-11-19(21-4)20(13)18-12-16-9-5-6-10-17(16)14(2)15(18)3/h5-12H,1-4H3. The van der Waals surface area contributed by atoms with E-state index in [-0.39, 0.29) is 0 Å². The van der Waals surface area contributed by atoms with Crippen molar-refractivity contribution in [3.63, 3.8) is 0 Å². The third kappa shape index (κ3) is 2.19. The molecule has 0 unspecified atom stereocenters. The Labute approximate surface area is 126 Å². The van der Waals surface area contributed by atoms with E-state index in [1.54, 1.807) is 7.11 Å². The monoisotopic (exact) mass is 276 g/mol. The molecule has 0 aliphatic carbocycles. The van der Waals surface area contributed by atoms with Gasteiger partial charge in [-0.3, -0.25) is 0 Å². The maximum atomic E-state index is 5.59. The average molecular weight is 276 g/mol. The Balaban J connectivity index is 2.39. The number of aryl methyl sites for hydroxylation is 2. The molecule has 0 aliphatic rings. The summed E-state index contributed by atoms with van der Waals surface area (Å²) in [7, 11) is 1.74. The number of fused-ring (bicyclic) bond motifs is 1. The van der Waals surface area contributed by atoms with Crippen molar-refractivity contribution in [3.8, 4) is 16.9 Å². The smallest absolute Gasteiger partial charge is 0.126 e. The van der Waals surface area contributed by atoms with Crippen molar-refractivity contribution >= 4 is 10.8 Å². The van der Waals surface area contributed by atoms with Crippen LogP contribution in [0.1, 0.15) is 16.7 Å². The summed E-state index contributed by atoms with van der Waals surface area (Å²) in [5, 5.41) is 2.60. The number of hydrogen-bond acceptors (Lipinski definition) is 1. The van der Waals surface area contributed by atoms with Crippen molar-refractivity contribution in [1.82, 2.24) is 0 Å². The minimum Gasteiger partial charge on any atom is -0.496 e. The highest BCUT2D eigenvalue weighted by molar-refractivity contribution is 5.93. The maximum Gasteiger partial charge on any atom is 0.126 e. The molecule has 3 aromatic carbocycles. The maximum absolute atomic E-state index is 5.59. The van der Waals surface area contributed by atoms with E-state index < -0.39 is 0 Å². The molecule has 0 radical (unpaired) electrons. The normalized spacial score (nSPS) is 10.9. The van der Waals surface area contributed by atoms with Crippen LogP contribution in [0.2, 0.25) is 0 Å². The largest absolute Gasteiger partial charge is 0.496 e. The van der Waals surface area contributed by atoms with Crippen molar-refractivity contribution in [2.24, 2.45) is 0 Å². The molecule has 21 heavy (non-hydrogen) atoms. The first kappa shape index (κ1) is 13.7. The molecule has 0 saturated carbocycles. The fourth-order valence-electron chi connectivity index (χ4n) is 3.05. The molecule has 0 spiro atoms. The zero-order valence-electron chi connectivity index (χ0n) is 13.0. The lowest BCUT2D eigenvalue weighted by Crippen LogP contribution is -1.95. The predicted molar refractivity (Wildman–Crippen MR) is 90.1 cm³/mol. The van der Waals surface area contributed by atoms with Crippen LogP contribution in [0.25, 0.3) is 21.9 Å². The molecule has 0 aliphatic heterocycles. The van der Waals surface area contributed by atoms with Gasteiger partial charge in [0.05, 0.1) is 7.11 Å². The average Bonchev–Trinajstić information content (AvgIpc) is 2.51. The third-order valence-electron chi connectivity index (χ3n) is 4.35. The van der Waals surface area contributed by atoms with Gasteiger partial charge < -0.3 is 4.74 Å². The molecule has 0 heterocycles. The van der Waals surface area contributed by atoms with Crippen LogP contribution < -0.4 is 4.74 Å². The van der Waals surface area contributed by atoms with E-state index in [1.165, 1.54) is 38.6 Å². The highest BCUT2D eigenvalue weighted by atomic mass is 16.5. The number of benzene rings is 3. The quantitative estimate of drug-likeness (QED) is 0.605. The first-order valence-corrected chi connectivity index (χ1v) is 7.26. The number of ether oxygens (including phenoxy) is 1. The van der Waals surface area contributed by atoms with Gasteiger partial charge in [0.15, 0.2) is 0 Å². The Kier molecular flexibility index (Phi) is 3.42. The molecule has 0 saturated heterocycles. The summed E-state index contributed by atoms with van der Waals surface area (Å²) in [5.41, 5.74) is 6.37. The van der Waals surface area contributed by atoms with E-state index in [1.807, 2.05) is 12.1 Å². The molecule has 0 atom stereocenters. The van der Waals surface area contributed by atoms with Gasteiger partial charge in [-0.2, -0.15) is 0 Å². The van der Waals surface area contributed by atoms with Gasteiger partial charge >= 0.3 is 0 Å². The summed E-state index contributed by atoms with van der Waals surface area (Å²) in [4.78, 5) is 0. The van der Waals surface area contributed by atoms with E-state index in [0.717, 1.165) is 5.75 Å². The lowest BCUT2D eigenvalue weighted by Gasteiger charge is -2.17. The van der Waals surface area contributed by atoms with E-state index >= 15 is 0 Å². The van der Waals surface area contributed by atoms with Gasteiger partial charge in [0.25, 0.3) is 0 Å². The summed E-state index contributed by atoms with van der Waals surface area (Å²) in [5.74, 6) is 0.938. The molecule has 3 aromatic rings. The predicted octanol–water partition coefficient (Wildman–Crippen LogP) is 5.44. The zero-order valence-corrected chi connectivity index (χ0v) is 13.0. The van der Waals surface area contributed by atoms with Crippen molar-refractivity contribution in [1.29, 1.82) is 0 Å². The Morgan fingerprint density at radius 2 is 1.57 bits per heavy atom. The highest BCUT2D eigenvalue weighted by Gasteiger charge is 2.14. The lowest BCUT2D eigenvalue weighted by atomic mass is 9.89. The summed E-state index contributed by atoms with van der Waals surface area (Å²) in [6.45, 7) is 6.54. The Hall–Kier alpha value is -2.28. The fourth-order valence-corrected chi connectivity index (χ4v) is 3.05. The van der Waals surface area contributed by atoms with E-state index in [2.05, 4.69) is 57.2 Å². The van der Waals surface area contributed by atoms with Gasteiger partial charge in [-0.25, -0.2) is 0 Å². The Bertz CT molecular complexity index is 815. The van der Waals surface area contributed by atoms with Gasteiger partial charge in [-0.1, -0.05) is 36.4 Å². The molecular formula is C20H20O. The second-order valence-electron chi connectivity index (χ2n) is 5.55. The summed E-state index contributed by atoms with van der Waals surface area (Å²) < 4.78 is 5.59. The van der Waals surface area contributed by atoms with Crippen molar-refractivity contribution in [3.05, 3.63) is 65.2 Å². The molecule has 0 amide bonds. The molecule has 3 rings (SSSR count). The molecule has 0 fully saturated rings. The van der Waals surface area contributed by atoms with E-state index in [9.17, 15) is 0 Å². The molecule has 0 aromatic heterocycles. The first-order valence-electron chi connectivity index (χ1n) is 7.26. The van der Waals surface area contributed by atoms with Crippen LogP contribution in [0.4, 0.5) is 0 Å². The summed E-state index contributed by atoms with van der Waals surface area (Å²) in [6, 6.07) is 17.1. The Morgan fingerprint density at radius 1 is 0.810 bits per heavy atom. The van der Waals surface area contributed by atoms with Gasteiger partial charge in [0, 0.05) is 5.56 Å². The van der Waals surface area contributed by atoms with Crippen LogP contribution in [0.5, 0.6) is 5.75 Å². The lowest BCUT2D eigenvalue weighted by molar-refractivity contribution is 0.416. The first-order chi connectivity index (χ1) is 10.1. The highest BCUT2D eigenvalue weighted by Crippen LogP contribution is 2.38. The van der Waals surface area contributed by atoms with Crippen molar-refractivity contribution in [2.75, 3.05) is 7.11 Å². The van der Waals surface area contributed by atoms with Gasteiger partial charge in [0.2, 0.25) is 0 Å². The van der Waals surface area contributed by atoms with Crippen LogP contribution in [0.15, 0.2) is 48.5 Å². The summed E-state index contributed by atoms with van der Waals surface area (Å²) >= 11 is 0. The minimum atomic E-state index is 0.938. The number of methoxy groups -OCH3 is 1. The Morgan fingerprint density at radius 3 is 2.33 bits per heavy atom. The molecule has 1 nitrogen and oxygen atoms in total. The fraction of sp³-hybridized carbons (Fsp3) is 0.200. The van der Waals surface area contributed by atoms with E-state index in [4.69, 9.17) is 4.74 Å². The van der Waals surface area contributed by atoms with Crippen LogP contribution in [-0.2, 0) is 0 Å². The third-order valence-corrected chi connectivity index (χ3v) is 4.35. The molecular weight excluding hydrogens is 256 g/mol. The second kappa shape index (κ2) is 5.25. The number of rotatable bonds is 2. The van der Waals surface area contributed by atoms with Crippen molar-refractivity contribution in [2.45, 2.75) is 20.8 Å². The van der Waals surface area contributed by atoms with Gasteiger partial charge in [-0.05, 0) is 65.9 Å². The summed E-state index contributed by atoms with van der Waals surface area (Å²) in [6.07, 6.45) is 0. The molecule has 0 N–H and O–H groups in total. The molecule has 1 heteroatoms. The van der Waals surface area contributed by atoms with Crippen LogP contribution >= 0.6 is 0 Å². The zero-order chi connectivity index (χ0) is 15.0. The molecule has 106 valence electrons. The van der Waals surface area contributed by atoms with Gasteiger partial charge in [0.1, 0.15) is 5.75 Å². The molecule has 0 bridgehead atoms.